The van der Waals surface area contributed by atoms with Gasteiger partial charge in [0.2, 0.25) is 0 Å². The number of hydrogen-bond donors (Lipinski definition) is 1. The number of hydrogen-bond acceptors (Lipinski definition) is 3. The Balaban J connectivity index is 2.73. The van der Waals surface area contributed by atoms with Crippen molar-refractivity contribution in [2.75, 3.05) is 5.75 Å². The summed E-state index contributed by atoms with van der Waals surface area (Å²) in [5.41, 5.74) is 0. The third-order valence-corrected chi connectivity index (χ3v) is 4.81. The molecule has 2 unspecified atom stereocenters. The van der Waals surface area contributed by atoms with Gasteiger partial charge in [0.25, 0.3) is 0 Å². The molecular formula is C8H16O3S. The second-order valence-corrected chi connectivity index (χ2v) is 5.72. The molecule has 0 radical (unpaired) electrons. The van der Waals surface area contributed by atoms with Crippen molar-refractivity contribution in [3.63, 3.8) is 0 Å². The zero-order valence-corrected chi connectivity index (χ0v) is 8.18. The van der Waals surface area contributed by atoms with Crippen LogP contribution in [0, 0.1) is 0 Å². The highest BCUT2D eigenvalue weighted by atomic mass is 32.2. The van der Waals surface area contributed by atoms with E-state index in [9.17, 15) is 13.5 Å². The van der Waals surface area contributed by atoms with E-state index in [-0.39, 0.29) is 5.75 Å². The molecule has 0 aromatic carbocycles. The van der Waals surface area contributed by atoms with Crippen molar-refractivity contribution in [3.8, 4) is 0 Å². The molecule has 1 saturated heterocycles. The van der Waals surface area contributed by atoms with Crippen LogP contribution in [0.15, 0.2) is 0 Å². The molecule has 4 heteroatoms. The van der Waals surface area contributed by atoms with Gasteiger partial charge in [0, 0.05) is 0 Å². The molecule has 0 spiro atoms. The second-order valence-electron chi connectivity index (χ2n) is 3.38. The summed E-state index contributed by atoms with van der Waals surface area (Å²) in [6.45, 7) is 1.81. The molecule has 0 aliphatic carbocycles. The van der Waals surface area contributed by atoms with Crippen molar-refractivity contribution in [1.82, 2.24) is 0 Å². The lowest BCUT2D eigenvalue weighted by Gasteiger charge is -2.25. The molecule has 0 aromatic rings. The van der Waals surface area contributed by atoms with E-state index in [4.69, 9.17) is 0 Å². The Labute approximate surface area is 73.7 Å². The molecule has 1 heterocycles. The summed E-state index contributed by atoms with van der Waals surface area (Å²) < 4.78 is 22.8. The van der Waals surface area contributed by atoms with E-state index in [1.54, 1.807) is 0 Å². The summed E-state index contributed by atoms with van der Waals surface area (Å²) >= 11 is 0. The van der Waals surface area contributed by atoms with Gasteiger partial charge in [-0.1, -0.05) is 13.3 Å². The van der Waals surface area contributed by atoms with Crippen LogP contribution in [-0.4, -0.2) is 30.6 Å². The SMILES string of the molecule is CCC(O)C1CCCCS1(=O)=O. The van der Waals surface area contributed by atoms with Crippen LogP contribution >= 0.6 is 0 Å². The van der Waals surface area contributed by atoms with Crippen LogP contribution < -0.4 is 0 Å². The monoisotopic (exact) mass is 192 g/mol. The lowest BCUT2D eigenvalue weighted by Crippen LogP contribution is -2.38. The highest BCUT2D eigenvalue weighted by molar-refractivity contribution is 7.92. The van der Waals surface area contributed by atoms with Crippen molar-refractivity contribution in [2.45, 2.75) is 44.0 Å². The predicted octanol–water partition coefficient (Wildman–Crippen LogP) is 0.725. The van der Waals surface area contributed by atoms with Gasteiger partial charge in [-0.05, 0) is 19.3 Å². The minimum Gasteiger partial charge on any atom is -0.392 e. The summed E-state index contributed by atoms with van der Waals surface area (Å²) in [7, 11) is -2.98. The number of rotatable bonds is 2. The van der Waals surface area contributed by atoms with Crippen LogP contribution in [0.2, 0.25) is 0 Å². The molecular weight excluding hydrogens is 176 g/mol. The standard InChI is InChI=1S/C8H16O3S/c1-2-7(9)8-5-3-4-6-12(8,10)11/h7-9H,2-6H2,1H3. The van der Waals surface area contributed by atoms with Crippen LogP contribution in [0.1, 0.15) is 32.6 Å². The van der Waals surface area contributed by atoms with Crippen molar-refractivity contribution in [2.24, 2.45) is 0 Å². The summed E-state index contributed by atoms with van der Waals surface area (Å²) in [4.78, 5) is 0. The van der Waals surface area contributed by atoms with Gasteiger partial charge in [-0.25, -0.2) is 8.42 Å². The minimum atomic E-state index is -2.98. The second kappa shape index (κ2) is 3.75. The minimum absolute atomic E-state index is 0.259. The molecule has 1 N–H and O–H groups in total. The average Bonchev–Trinajstić information content (AvgIpc) is 2.02. The van der Waals surface area contributed by atoms with Gasteiger partial charge in [0.15, 0.2) is 9.84 Å². The first-order valence-corrected chi connectivity index (χ1v) is 6.19. The maximum atomic E-state index is 11.4. The lowest BCUT2D eigenvalue weighted by atomic mass is 10.1. The molecule has 1 aliphatic heterocycles. The van der Waals surface area contributed by atoms with E-state index >= 15 is 0 Å². The zero-order chi connectivity index (χ0) is 9.19. The molecule has 1 aliphatic rings. The molecule has 0 saturated carbocycles. The Morgan fingerprint density at radius 3 is 2.67 bits per heavy atom. The fourth-order valence-electron chi connectivity index (χ4n) is 1.67. The molecule has 1 fully saturated rings. The van der Waals surface area contributed by atoms with Crippen LogP contribution in [-0.2, 0) is 9.84 Å². The molecule has 72 valence electrons. The van der Waals surface area contributed by atoms with Crippen LogP contribution in [0.5, 0.6) is 0 Å². The Kier molecular flexibility index (Phi) is 3.12. The lowest BCUT2D eigenvalue weighted by molar-refractivity contribution is 0.157. The van der Waals surface area contributed by atoms with E-state index in [1.807, 2.05) is 6.92 Å². The summed E-state index contributed by atoms with van der Waals surface area (Å²) in [6, 6.07) is 0. The Bertz CT molecular complexity index is 233. The third kappa shape index (κ3) is 1.98. The fourth-order valence-corrected chi connectivity index (χ4v) is 3.78. The largest absolute Gasteiger partial charge is 0.392 e. The normalized spacial score (nSPS) is 31.3. The van der Waals surface area contributed by atoms with Crippen molar-refractivity contribution < 1.29 is 13.5 Å². The summed E-state index contributed by atoms with van der Waals surface area (Å²) in [5, 5.41) is 8.95. The first kappa shape index (κ1) is 9.99. The molecule has 0 amide bonds. The summed E-state index contributed by atoms with van der Waals surface area (Å²) in [6.07, 6.45) is 2.20. The summed E-state index contributed by atoms with van der Waals surface area (Å²) in [5.74, 6) is 0.259. The highest BCUT2D eigenvalue weighted by Gasteiger charge is 2.33. The van der Waals surface area contributed by atoms with E-state index in [0.29, 0.717) is 12.8 Å². The number of aliphatic hydroxyl groups excluding tert-OH is 1. The topological polar surface area (TPSA) is 54.4 Å². The maximum Gasteiger partial charge on any atom is 0.155 e. The molecule has 12 heavy (non-hydrogen) atoms. The maximum absolute atomic E-state index is 11.4. The average molecular weight is 192 g/mol. The Morgan fingerprint density at radius 1 is 1.50 bits per heavy atom. The van der Waals surface area contributed by atoms with Gasteiger partial charge in [-0.15, -0.1) is 0 Å². The number of aliphatic hydroxyl groups is 1. The van der Waals surface area contributed by atoms with E-state index in [1.165, 1.54) is 0 Å². The van der Waals surface area contributed by atoms with Gasteiger partial charge >= 0.3 is 0 Å². The smallest absolute Gasteiger partial charge is 0.155 e. The third-order valence-electron chi connectivity index (χ3n) is 2.48. The van der Waals surface area contributed by atoms with Gasteiger partial charge in [0.1, 0.15) is 0 Å². The fraction of sp³-hybridized carbons (Fsp3) is 1.00. The Hall–Kier alpha value is -0.0900. The molecule has 0 aromatic heterocycles. The van der Waals surface area contributed by atoms with Crippen molar-refractivity contribution >= 4 is 9.84 Å². The van der Waals surface area contributed by atoms with E-state index in [2.05, 4.69) is 0 Å². The quantitative estimate of drug-likeness (QED) is 0.701. The molecule has 1 rings (SSSR count). The van der Waals surface area contributed by atoms with Gasteiger partial charge < -0.3 is 5.11 Å². The first-order chi connectivity index (χ1) is 5.58. The van der Waals surface area contributed by atoms with Crippen LogP contribution in [0.4, 0.5) is 0 Å². The molecule has 0 bridgehead atoms. The van der Waals surface area contributed by atoms with Crippen molar-refractivity contribution in [1.29, 1.82) is 0 Å². The van der Waals surface area contributed by atoms with Crippen LogP contribution in [0.3, 0.4) is 0 Å². The number of sulfone groups is 1. The zero-order valence-electron chi connectivity index (χ0n) is 7.36. The highest BCUT2D eigenvalue weighted by Crippen LogP contribution is 2.23. The predicted molar refractivity (Wildman–Crippen MR) is 47.7 cm³/mol. The molecule has 2 atom stereocenters. The van der Waals surface area contributed by atoms with E-state index in [0.717, 1.165) is 12.8 Å². The van der Waals surface area contributed by atoms with Crippen LogP contribution in [0.25, 0.3) is 0 Å². The van der Waals surface area contributed by atoms with E-state index < -0.39 is 21.2 Å². The van der Waals surface area contributed by atoms with Gasteiger partial charge in [-0.2, -0.15) is 0 Å². The molecule has 3 nitrogen and oxygen atoms in total. The van der Waals surface area contributed by atoms with Crippen molar-refractivity contribution in [3.05, 3.63) is 0 Å². The first-order valence-electron chi connectivity index (χ1n) is 4.47. The Morgan fingerprint density at radius 2 is 2.17 bits per heavy atom. The van der Waals surface area contributed by atoms with Gasteiger partial charge in [0.05, 0.1) is 17.1 Å². The van der Waals surface area contributed by atoms with Gasteiger partial charge in [-0.3, -0.25) is 0 Å².